The summed E-state index contributed by atoms with van der Waals surface area (Å²) in [6.07, 6.45) is 3.73. The van der Waals surface area contributed by atoms with E-state index in [1.54, 1.807) is 6.20 Å². The molecular weight excluding hydrogens is 174 g/mol. The van der Waals surface area contributed by atoms with Crippen molar-refractivity contribution >= 4 is 5.69 Å². The molecule has 0 aliphatic rings. The number of nitrogen functional groups attached to an aromatic ring is 1. The van der Waals surface area contributed by atoms with Crippen molar-refractivity contribution < 1.29 is 0 Å². The predicted octanol–water partition coefficient (Wildman–Crippen LogP) is 1.98. The van der Waals surface area contributed by atoms with Gasteiger partial charge in [-0.15, -0.1) is 0 Å². The highest BCUT2D eigenvalue weighted by Gasteiger charge is 2.05. The number of aryl methyl sites for hydroxylation is 2. The van der Waals surface area contributed by atoms with Gasteiger partial charge in [0, 0.05) is 30.7 Å². The Morgan fingerprint density at radius 2 is 2.14 bits per heavy atom. The Morgan fingerprint density at radius 1 is 1.36 bits per heavy atom. The zero-order valence-corrected chi connectivity index (χ0v) is 8.36. The molecule has 14 heavy (non-hydrogen) atoms. The Morgan fingerprint density at radius 3 is 2.71 bits per heavy atom. The lowest BCUT2D eigenvalue weighted by atomic mass is 10.1. The number of nitrogens with two attached hydrogens (primary N) is 1. The van der Waals surface area contributed by atoms with Gasteiger partial charge in [0.15, 0.2) is 0 Å². The number of benzene rings is 1. The zero-order valence-electron chi connectivity index (χ0n) is 8.36. The van der Waals surface area contributed by atoms with E-state index in [4.69, 9.17) is 5.73 Å². The molecule has 0 spiro atoms. The molecule has 3 nitrogen and oxygen atoms in total. The molecule has 0 saturated heterocycles. The lowest BCUT2D eigenvalue weighted by Crippen LogP contribution is -1.94. The van der Waals surface area contributed by atoms with Gasteiger partial charge in [0.25, 0.3) is 0 Å². The van der Waals surface area contributed by atoms with Crippen LogP contribution in [-0.4, -0.2) is 9.55 Å². The molecule has 3 heteroatoms. The first-order valence-electron chi connectivity index (χ1n) is 4.52. The molecule has 0 amide bonds. The number of rotatable bonds is 1. The van der Waals surface area contributed by atoms with Crippen molar-refractivity contribution in [3.05, 3.63) is 36.2 Å². The first-order chi connectivity index (χ1) is 6.68. The maximum atomic E-state index is 5.69. The second kappa shape index (κ2) is 3.18. The van der Waals surface area contributed by atoms with Crippen LogP contribution in [0.15, 0.2) is 30.6 Å². The largest absolute Gasteiger partial charge is 0.399 e. The van der Waals surface area contributed by atoms with Crippen LogP contribution in [0.3, 0.4) is 0 Å². The monoisotopic (exact) mass is 187 g/mol. The van der Waals surface area contributed by atoms with Gasteiger partial charge in [-0.25, -0.2) is 4.98 Å². The molecule has 1 heterocycles. The van der Waals surface area contributed by atoms with E-state index in [0.29, 0.717) is 0 Å². The van der Waals surface area contributed by atoms with Gasteiger partial charge in [-0.05, 0) is 30.7 Å². The normalized spacial score (nSPS) is 10.4. The van der Waals surface area contributed by atoms with Gasteiger partial charge in [0.05, 0.1) is 0 Å². The molecule has 0 atom stereocenters. The van der Waals surface area contributed by atoms with Gasteiger partial charge in [0.1, 0.15) is 5.82 Å². The highest BCUT2D eigenvalue weighted by molar-refractivity contribution is 5.64. The number of anilines is 1. The summed E-state index contributed by atoms with van der Waals surface area (Å²) in [7, 11) is 1.98. The number of hydrogen-bond donors (Lipinski definition) is 1. The topological polar surface area (TPSA) is 43.8 Å². The van der Waals surface area contributed by atoms with Gasteiger partial charge in [-0.2, -0.15) is 0 Å². The van der Waals surface area contributed by atoms with E-state index in [9.17, 15) is 0 Å². The maximum absolute atomic E-state index is 5.69. The fourth-order valence-electron chi connectivity index (χ4n) is 1.56. The third-order valence-corrected chi connectivity index (χ3v) is 2.31. The van der Waals surface area contributed by atoms with Gasteiger partial charge in [-0.1, -0.05) is 0 Å². The Hall–Kier alpha value is -1.77. The van der Waals surface area contributed by atoms with E-state index in [0.717, 1.165) is 22.6 Å². The standard InChI is InChI=1S/C11H13N3/c1-8-7-9(12)3-4-10(8)11-13-5-6-14(11)2/h3-7H,12H2,1-2H3. The smallest absolute Gasteiger partial charge is 0.139 e. The second-order valence-electron chi connectivity index (χ2n) is 3.44. The third-order valence-electron chi connectivity index (χ3n) is 2.31. The van der Waals surface area contributed by atoms with E-state index < -0.39 is 0 Å². The van der Waals surface area contributed by atoms with E-state index in [1.807, 2.05) is 42.9 Å². The lowest BCUT2D eigenvalue weighted by molar-refractivity contribution is 0.923. The average Bonchev–Trinajstić information content (AvgIpc) is 2.52. The van der Waals surface area contributed by atoms with Crippen LogP contribution in [-0.2, 0) is 7.05 Å². The fourth-order valence-corrected chi connectivity index (χ4v) is 1.56. The van der Waals surface area contributed by atoms with Crippen LogP contribution < -0.4 is 5.73 Å². The molecule has 0 aliphatic carbocycles. The summed E-state index contributed by atoms with van der Waals surface area (Å²) < 4.78 is 2.00. The summed E-state index contributed by atoms with van der Waals surface area (Å²) in [5.41, 5.74) is 8.77. The molecule has 2 aromatic rings. The first kappa shape index (κ1) is 8.81. The number of hydrogen-bond acceptors (Lipinski definition) is 2. The van der Waals surface area contributed by atoms with Crippen molar-refractivity contribution in [1.82, 2.24) is 9.55 Å². The summed E-state index contributed by atoms with van der Waals surface area (Å²) in [6.45, 7) is 2.04. The molecule has 0 aliphatic heterocycles. The summed E-state index contributed by atoms with van der Waals surface area (Å²) in [6, 6.07) is 5.87. The summed E-state index contributed by atoms with van der Waals surface area (Å²) in [5.74, 6) is 0.975. The number of imidazole rings is 1. The molecule has 2 rings (SSSR count). The predicted molar refractivity (Wildman–Crippen MR) is 57.8 cm³/mol. The number of aromatic nitrogens is 2. The van der Waals surface area contributed by atoms with E-state index in [2.05, 4.69) is 4.98 Å². The second-order valence-corrected chi connectivity index (χ2v) is 3.44. The van der Waals surface area contributed by atoms with Crippen LogP contribution in [0.4, 0.5) is 5.69 Å². The molecule has 0 unspecified atom stereocenters. The summed E-state index contributed by atoms with van der Waals surface area (Å²) in [5, 5.41) is 0. The van der Waals surface area contributed by atoms with Crippen molar-refractivity contribution in [2.75, 3.05) is 5.73 Å². The average molecular weight is 187 g/mol. The van der Waals surface area contributed by atoms with Crippen molar-refractivity contribution in [3.8, 4) is 11.4 Å². The minimum atomic E-state index is 0.792. The van der Waals surface area contributed by atoms with Gasteiger partial charge in [0.2, 0.25) is 0 Å². The molecule has 0 radical (unpaired) electrons. The SMILES string of the molecule is Cc1cc(N)ccc1-c1nccn1C. The van der Waals surface area contributed by atoms with Crippen LogP contribution in [0.5, 0.6) is 0 Å². The highest BCUT2D eigenvalue weighted by Crippen LogP contribution is 2.22. The molecule has 0 bridgehead atoms. The minimum Gasteiger partial charge on any atom is -0.399 e. The van der Waals surface area contributed by atoms with Crippen LogP contribution >= 0.6 is 0 Å². The van der Waals surface area contributed by atoms with Gasteiger partial charge in [-0.3, -0.25) is 0 Å². The van der Waals surface area contributed by atoms with E-state index >= 15 is 0 Å². The van der Waals surface area contributed by atoms with Crippen molar-refractivity contribution in [1.29, 1.82) is 0 Å². The quantitative estimate of drug-likeness (QED) is 0.694. The van der Waals surface area contributed by atoms with Gasteiger partial charge >= 0.3 is 0 Å². The van der Waals surface area contributed by atoms with Crippen molar-refractivity contribution in [2.24, 2.45) is 7.05 Å². The first-order valence-corrected chi connectivity index (χ1v) is 4.52. The van der Waals surface area contributed by atoms with Crippen molar-refractivity contribution in [2.45, 2.75) is 6.92 Å². The molecule has 1 aromatic carbocycles. The molecule has 72 valence electrons. The summed E-state index contributed by atoms with van der Waals surface area (Å²) >= 11 is 0. The van der Waals surface area contributed by atoms with Crippen molar-refractivity contribution in [3.63, 3.8) is 0 Å². The Kier molecular flexibility index (Phi) is 2.00. The fraction of sp³-hybridized carbons (Fsp3) is 0.182. The van der Waals surface area contributed by atoms with Crippen LogP contribution in [0, 0.1) is 6.92 Å². The summed E-state index contributed by atoms with van der Waals surface area (Å²) in [4.78, 5) is 4.30. The number of nitrogens with zero attached hydrogens (tertiary/aromatic N) is 2. The zero-order chi connectivity index (χ0) is 10.1. The molecule has 1 aromatic heterocycles. The van der Waals surface area contributed by atoms with Crippen LogP contribution in [0.25, 0.3) is 11.4 Å². The minimum absolute atomic E-state index is 0.792. The van der Waals surface area contributed by atoms with Crippen LogP contribution in [0.2, 0.25) is 0 Å². The molecule has 0 saturated carbocycles. The molecule has 0 fully saturated rings. The highest BCUT2D eigenvalue weighted by atomic mass is 15.0. The maximum Gasteiger partial charge on any atom is 0.139 e. The van der Waals surface area contributed by atoms with E-state index in [-0.39, 0.29) is 0 Å². The molecular formula is C11H13N3. The lowest BCUT2D eigenvalue weighted by Gasteiger charge is -2.06. The van der Waals surface area contributed by atoms with Crippen LogP contribution in [0.1, 0.15) is 5.56 Å². The van der Waals surface area contributed by atoms with E-state index in [1.165, 1.54) is 0 Å². The Bertz CT molecular complexity index is 457. The molecule has 2 N–H and O–H groups in total. The Labute approximate surface area is 83.2 Å². The van der Waals surface area contributed by atoms with Gasteiger partial charge < -0.3 is 10.3 Å². The third kappa shape index (κ3) is 1.37. The Balaban J connectivity index is 2.58.